The number of esters is 1. The number of benzene rings is 1. The van der Waals surface area contributed by atoms with Crippen LogP contribution in [0.15, 0.2) is 29.2 Å². The maximum Gasteiger partial charge on any atom is 0.324 e. The van der Waals surface area contributed by atoms with Gasteiger partial charge in [-0.2, -0.15) is 4.72 Å². The van der Waals surface area contributed by atoms with Crippen molar-refractivity contribution in [2.45, 2.75) is 4.90 Å². The summed E-state index contributed by atoms with van der Waals surface area (Å²) >= 11 is 0. The van der Waals surface area contributed by atoms with Gasteiger partial charge in [-0.3, -0.25) is 14.5 Å². The Morgan fingerprint density at radius 1 is 1.33 bits per heavy atom. The van der Waals surface area contributed by atoms with Crippen LogP contribution in [0.4, 0.5) is 9.18 Å². The predicted molar refractivity (Wildman–Crippen MR) is 77.7 cm³/mol. The largest absolute Gasteiger partial charge is 0.455 e. The molecule has 2 N–H and O–H groups in total. The third-order valence-corrected chi connectivity index (χ3v) is 4.48. The van der Waals surface area contributed by atoms with Crippen molar-refractivity contribution in [3.8, 4) is 0 Å². The third kappa shape index (κ3) is 4.26. The van der Waals surface area contributed by atoms with E-state index in [4.69, 9.17) is 0 Å². The highest BCUT2D eigenvalue weighted by molar-refractivity contribution is 7.89. The highest BCUT2D eigenvalue weighted by Gasteiger charge is 2.27. The van der Waals surface area contributed by atoms with Crippen molar-refractivity contribution in [2.75, 3.05) is 26.2 Å². The van der Waals surface area contributed by atoms with Gasteiger partial charge in [0.05, 0.1) is 0 Å². The minimum atomic E-state index is -4.23. The Kier molecular flexibility index (Phi) is 5.46. The minimum absolute atomic E-state index is 0.162. The maximum absolute atomic E-state index is 13.4. The molecule has 130 valence electrons. The molecule has 1 aliphatic rings. The average Bonchev–Trinajstić information content (AvgIpc) is 2.97. The Labute approximate surface area is 136 Å². The van der Waals surface area contributed by atoms with E-state index in [-0.39, 0.29) is 6.54 Å². The third-order valence-electron chi connectivity index (χ3n) is 3.05. The van der Waals surface area contributed by atoms with Crippen LogP contribution < -0.4 is 10.0 Å². The summed E-state index contributed by atoms with van der Waals surface area (Å²) in [6.07, 6.45) is 0. The second-order valence-electron chi connectivity index (χ2n) is 4.69. The van der Waals surface area contributed by atoms with Crippen molar-refractivity contribution in [1.29, 1.82) is 0 Å². The summed E-state index contributed by atoms with van der Waals surface area (Å²) in [7, 11) is -4.23. The molecule has 9 nitrogen and oxygen atoms in total. The van der Waals surface area contributed by atoms with Crippen LogP contribution >= 0.6 is 0 Å². The molecule has 2 rings (SSSR count). The molecule has 0 aromatic heterocycles. The van der Waals surface area contributed by atoms with Gasteiger partial charge in [-0.05, 0) is 12.1 Å². The molecular formula is C13H14FN3O6S. The van der Waals surface area contributed by atoms with Gasteiger partial charge in [0.1, 0.15) is 17.3 Å². The highest BCUT2D eigenvalue weighted by Crippen LogP contribution is 2.12. The number of halogens is 1. The molecule has 0 bridgehead atoms. The summed E-state index contributed by atoms with van der Waals surface area (Å²) in [6, 6.07) is 4.07. The zero-order valence-electron chi connectivity index (χ0n) is 12.3. The van der Waals surface area contributed by atoms with E-state index in [0.717, 1.165) is 17.0 Å². The number of carbonyl (C=O) groups excluding carboxylic acids is 3. The van der Waals surface area contributed by atoms with Crippen molar-refractivity contribution in [3.05, 3.63) is 30.1 Å². The number of carbonyl (C=O) groups is 3. The number of rotatable bonds is 6. The molecule has 1 saturated heterocycles. The fourth-order valence-corrected chi connectivity index (χ4v) is 2.92. The van der Waals surface area contributed by atoms with Gasteiger partial charge in [-0.25, -0.2) is 17.6 Å². The van der Waals surface area contributed by atoms with E-state index in [1.165, 1.54) is 12.1 Å². The molecule has 1 fully saturated rings. The first-order valence-electron chi connectivity index (χ1n) is 6.79. The monoisotopic (exact) mass is 359 g/mol. The Hall–Kier alpha value is -2.53. The number of imide groups is 1. The van der Waals surface area contributed by atoms with E-state index >= 15 is 0 Å². The molecule has 24 heavy (non-hydrogen) atoms. The van der Waals surface area contributed by atoms with Crippen molar-refractivity contribution in [3.63, 3.8) is 0 Å². The van der Waals surface area contributed by atoms with Gasteiger partial charge in [0.15, 0.2) is 6.61 Å². The smallest absolute Gasteiger partial charge is 0.324 e. The van der Waals surface area contributed by atoms with Gasteiger partial charge in [-0.1, -0.05) is 12.1 Å². The van der Waals surface area contributed by atoms with Crippen LogP contribution in [0.1, 0.15) is 0 Å². The van der Waals surface area contributed by atoms with Gasteiger partial charge in [-0.15, -0.1) is 0 Å². The fourth-order valence-electron chi connectivity index (χ4n) is 1.88. The van der Waals surface area contributed by atoms with E-state index in [1.54, 1.807) is 0 Å². The Bertz CT molecular complexity index is 767. The van der Waals surface area contributed by atoms with Gasteiger partial charge < -0.3 is 10.1 Å². The van der Waals surface area contributed by atoms with Crippen molar-refractivity contribution >= 4 is 27.9 Å². The second-order valence-corrected chi connectivity index (χ2v) is 6.43. The van der Waals surface area contributed by atoms with E-state index < -0.39 is 51.8 Å². The zero-order valence-corrected chi connectivity index (χ0v) is 13.1. The standard InChI is InChI=1S/C13H14FN3O6S/c14-9-3-1-2-4-10(9)24(21,22)16-7-12(19)23-8-11(18)17-6-5-15-13(17)20/h1-4,16H,5-8H2,(H,15,20). The van der Waals surface area contributed by atoms with Crippen LogP contribution in [0.2, 0.25) is 0 Å². The van der Waals surface area contributed by atoms with Crippen molar-refractivity contribution in [2.24, 2.45) is 0 Å². The quantitative estimate of drug-likeness (QED) is 0.641. The number of ether oxygens (including phenoxy) is 1. The van der Waals surface area contributed by atoms with Crippen molar-refractivity contribution < 1.29 is 31.9 Å². The predicted octanol–water partition coefficient (Wildman–Crippen LogP) is -0.801. The van der Waals surface area contributed by atoms with Crippen LogP contribution in [0.3, 0.4) is 0 Å². The fraction of sp³-hybridized carbons (Fsp3) is 0.308. The lowest BCUT2D eigenvalue weighted by Crippen LogP contribution is -2.38. The van der Waals surface area contributed by atoms with Gasteiger partial charge in [0.25, 0.3) is 5.91 Å². The molecule has 1 aromatic carbocycles. The van der Waals surface area contributed by atoms with E-state index in [9.17, 15) is 27.2 Å². The van der Waals surface area contributed by atoms with Crippen LogP contribution in [0, 0.1) is 5.82 Å². The molecule has 0 radical (unpaired) electrons. The van der Waals surface area contributed by atoms with Gasteiger partial charge >= 0.3 is 12.0 Å². The van der Waals surface area contributed by atoms with Crippen LogP contribution in [0.5, 0.6) is 0 Å². The second kappa shape index (κ2) is 7.36. The van der Waals surface area contributed by atoms with E-state index in [1.807, 2.05) is 4.72 Å². The first-order valence-corrected chi connectivity index (χ1v) is 8.27. The molecule has 1 aromatic rings. The molecule has 0 atom stereocenters. The Balaban J connectivity index is 1.84. The van der Waals surface area contributed by atoms with Gasteiger partial charge in [0.2, 0.25) is 10.0 Å². The Morgan fingerprint density at radius 3 is 2.67 bits per heavy atom. The lowest BCUT2D eigenvalue weighted by Gasteiger charge is -2.12. The number of nitrogens with zero attached hydrogens (tertiary/aromatic N) is 1. The number of hydrogen-bond acceptors (Lipinski definition) is 6. The van der Waals surface area contributed by atoms with Gasteiger partial charge in [0, 0.05) is 13.1 Å². The number of urea groups is 1. The van der Waals surface area contributed by atoms with Crippen molar-refractivity contribution in [1.82, 2.24) is 14.9 Å². The summed E-state index contributed by atoms with van der Waals surface area (Å²) in [4.78, 5) is 34.6. The maximum atomic E-state index is 13.4. The lowest BCUT2D eigenvalue weighted by molar-refractivity contribution is -0.149. The summed E-state index contributed by atoms with van der Waals surface area (Å²) < 4.78 is 43.6. The SMILES string of the molecule is O=C(CNS(=O)(=O)c1ccccc1F)OCC(=O)N1CCNC1=O. The zero-order chi connectivity index (χ0) is 17.7. The summed E-state index contributed by atoms with van der Waals surface area (Å²) in [5, 5.41) is 2.41. The van der Waals surface area contributed by atoms with Crippen LogP contribution in [-0.4, -0.2) is 57.5 Å². The normalized spacial score (nSPS) is 14.4. The first-order chi connectivity index (χ1) is 11.3. The molecule has 1 heterocycles. The summed E-state index contributed by atoms with van der Waals surface area (Å²) in [5.74, 6) is -2.73. The first kappa shape index (κ1) is 17.8. The Morgan fingerprint density at radius 2 is 2.04 bits per heavy atom. The van der Waals surface area contributed by atoms with Crippen LogP contribution in [0.25, 0.3) is 0 Å². The molecule has 0 spiro atoms. The number of nitrogens with one attached hydrogen (secondary N) is 2. The van der Waals surface area contributed by atoms with Crippen LogP contribution in [-0.2, 0) is 24.3 Å². The molecular weight excluding hydrogens is 345 g/mol. The summed E-state index contributed by atoms with van der Waals surface area (Å²) in [5.41, 5.74) is 0. The minimum Gasteiger partial charge on any atom is -0.455 e. The average molecular weight is 359 g/mol. The molecule has 0 aliphatic carbocycles. The number of amides is 3. The highest BCUT2D eigenvalue weighted by atomic mass is 32.2. The summed E-state index contributed by atoms with van der Waals surface area (Å²) in [6.45, 7) is -1.01. The van der Waals surface area contributed by atoms with E-state index in [2.05, 4.69) is 10.1 Å². The topological polar surface area (TPSA) is 122 Å². The molecule has 11 heteroatoms. The molecule has 1 aliphatic heterocycles. The van der Waals surface area contributed by atoms with E-state index in [0.29, 0.717) is 6.54 Å². The number of sulfonamides is 1. The molecule has 3 amide bonds. The number of hydrogen-bond donors (Lipinski definition) is 2. The lowest BCUT2D eigenvalue weighted by atomic mass is 10.4. The molecule has 0 saturated carbocycles. The molecule has 0 unspecified atom stereocenters.